The van der Waals surface area contributed by atoms with E-state index < -0.39 is 15.9 Å². The van der Waals surface area contributed by atoms with Crippen molar-refractivity contribution in [2.24, 2.45) is 5.92 Å². The zero-order valence-electron chi connectivity index (χ0n) is 21.5. The van der Waals surface area contributed by atoms with Gasteiger partial charge in [-0.25, -0.2) is 8.42 Å². The molecule has 2 heterocycles. The molecule has 3 aromatic carbocycles. The van der Waals surface area contributed by atoms with Crippen LogP contribution >= 0.6 is 0 Å². The molecule has 1 N–H and O–H groups in total. The predicted octanol–water partition coefficient (Wildman–Crippen LogP) is 4.25. The highest BCUT2D eigenvalue weighted by atomic mass is 32.2. The lowest BCUT2D eigenvalue weighted by molar-refractivity contribution is -0.120. The fourth-order valence-electron chi connectivity index (χ4n) is 5.04. The second kappa shape index (κ2) is 10.6. The molecule has 0 spiro atoms. The first-order valence-electron chi connectivity index (χ1n) is 12.7. The largest absolute Gasteiger partial charge is 0.497 e. The highest BCUT2D eigenvalue weighted by molar-refractivity contribution is 7.89. The molecule has 1 fully saturated rings. The molecule has 0 aliphatic carbocycles. The minimum atomic E-state index is -3.67. The molecule has 0 aromatic heterocycles. The van der Waals surface area contributed by atoms with Gasteiger partial charge >= 0.3 is 0 Å². The first-order valence-corrected chi connectivity index (χ1v) is 14.2. The zero-order valence-corrected chi connectivity index (χ0v) is 22.3. The van der Waals surface area contributed by atoms with Crippen molar-refractivity contribution in [2.75, 3.05) is 37.0 Å². The summed E-state index contributed by atoms with van der Waals surface area (Å²) in [6, 6.07) is 19.4. The molecule has 0 radical (unpaired) electrons. The lowest BCUT2D eigenvalue weighted by Gasteiger charge is -2.31. The Morgan fingerprint density at radius 2 is 1.71 bits per heavy atom. The molecular weight excluding hydrogens is 502 g/mol. The summed E-state index contributed by atoms with van der Waals surface area (Å²) in [6.45, 7) is 2.99. The maximum atomic E-state index is 13.2. The van der Waals surface area contributed by atoms with E-state index in [1.54, 1.807) is 60.5 Å². The first kappa shape index (κ1) is 25.9. The van der Waals surface area contributed by atoms with Crippen molar-refractivity contribution in [1.82, 2.24) is 4.31 Å². The fraction of sp³-hybridized carbons (Fsp3) is 0.310. The van der Waals surface area contributed by atoms with Crippen molar-refractivity contribution >= 4 is 33.2 Å². The summed E-state index contributed by atoms with van der Waals surface area (Å²) < 4.78 is 32.9. The second-order valence-corrected chi connectivity index (χ2v) is 11.7. The van der Waals surface area contributed by atoms with Crippen molar-refractivity contribution in [3.8, 4) is 5.75 Å². The normalized spacial score (nSPS) is 17.6. The highest BCUT2D eigenvalue weighted by Gasteiger charge is 2.34. The third-order valence-electron chi connectivity index (χ3n) is 7.24. The van der Waals surface area contributed by atoms with Crippen LogP contribution in [0.25, 0.3) is 0 Å². The van der Waals surface area contributed by atoms with E-state index in [4.69, 9.17) is 4.74 Å². The van der Waals surface area contributed by atoms with Gasteiger partial charge in [0, 0.05) is 36.6 Å². The molecule has 1 saturated heterocycles. The van der Waals surface area contributed by atoms with Crippen molar-refractivity contribution < 1.29 is 22.7 Å². The monoisotopic (exact) mass is 533 g/mol. The molecule has 0 bridgehead atoms. The predicted molar refractivity (Wildman–Crippen MR) is 146 cm³/mol. The Balaban J connectivity index is 1.28. The number of ether oxygens (including phenoxy) is 1. The summed E-state index contributed by atoms with van der Waals surface area (Å²) in [7, 11) is -2.09. The number of carbonyl (C=O) groups excluding carboxylic acids is 2. The Kier molecular flexibility index (Phi) is 7.23. The number of rotatable bonds is 6. The van der Waals surface area contributed by atoms with Crippen LogP contribution in [0.5, 0.6) is 5.75 Å². The van der Waals surface area contributed by atoms with Crippen LogP contribution in [0.1, 0.15) is 34.3 Å². The quantitative estimate of drug-likeness (QED) is 0.511. The smallest absolute Gasteiger partial charge is 0.258 e. The van der Waals surface area contributed by atoms with Crippen molar-refractivity contribution in [1.29, 1.82) is 0 Å². The molecule has 3 aromatic rings. The SMILES string of the molecule is COc1ccc(C(=O)N2CCc3ccc(NC(=O)[C@H]4CCCN(S(=O)(=O)c5ccc(C)cc5)C4)cc32)cc1. The summed E-state index contributed by atoms with van der Waals surface area (Å²) in [4.78, 5) is 28.4. The third-order valence-corrected chi connectivity index (χ3v) is 9.12. The summed E-state index contributed by atoms with van der Waals surface area (Å²) in [5.74, 6) is -0.116. The van der Waals surface area contributed by atoms with Gasteiger partial charge in [0.05, 0.1) is 17.9 Å². The molecule has 2 amide bonds. The van der Waals surface area contributed by atoms with E-state index in [2.05, 4.69) is 5.32 Å². The minimum absolute atomic E-state index is 0.112. The zero-order chi connectivity index (χ0) is 26.9. The highest BCUT2D eigenvalue weighted by Crippen LogP contribution is 2.33. The molecule has 38 heavy (non-hydrogen) atoms. The van der Waals surface area contributed by atoms with Crippen molar-refractivity contribution in [2.45, 2.75) is 31.1 Å². The summed E-state index contributed by atoms with van der Waals surface area (Å²) in [6.07, 6.45) is 1.95. The Bertz CT molecular complexity index is 1450. The van der Waals surface area contributed by atoms with Gasteiger partial charge in [-0.2, -0.15) is 4.31 Å². The Labute approximate surface area is 223 Å². The molecule has 9 heteroatoms. The number of fused-ring (bicyclic) bond motifs is 1. The number of nitrogens with zero attached hydrogens (tertiary/aromatic N) is 2. The number of benzene rings is 3. The number of hydrogen-bond donors (Lipinski definition) is 1. The first-order chi connectivity index (χ1) is 18.3. The van der Waals surface area contributed by atoms with Crippen molar-refractivity contribution in [3.05, 3.63) is 83.4 Å². The van der Waals surface area contributed by atoms with Crippen LogP contribution in [-0.2, 0) is 21.2 Å². The molecule has 0 unspecified atom stereocenters. The van der Waals surface area contributed by atoms with E-state index in [-0.39, 0.29) is 23.3 Å². The third kappa shape index (κ3) is 5.16. The van der Waals surface area contributed by atoms with E-state index in [1.807, 2.05) is 25.1 Å². The van der Waals surface area contributed by atoms with E-state index >= 15 is 0 Å². The number of carbonyl (C=O) groups is 2. The minimum Gasteiger partial charge on any atom is -0.497 e. The average molecular weight is 534 g/mol. The lowest BCUT2D eigenvalue weighted by atomic mass is 9.98. The molecule has 2 aliphatic rings. The topological polar surface area (TPSA) is 96.0 Å². The van der Waals surface area contributed by atoms with Gasteiger partial charge in [0.25, 0.3) is 5.91 Å². The number of amides is 2. The van der Waals surface area contributed by atoms with Gasteiger partial charge < -0.3 is 15.0 Å². The number of piperidine rings is 1. The van der Waals surface area contributed by atoms with Gasteiger partial charge in [0.1, 0.15) is 5.75 Å². The van der Waals surface area contributed by atoms with Gasteiger partial charge in [-0.05, 0) is 80.3 Å². The van der Waals surface area contributed by atoms with E-state index in [1.165, 1.54) is 4.31 Å². The van der Waals surface area contributed by atoms with Crippen LogP contribution in [0.15, 0.2) is 71.6 Å². The van der Waals surface area contributed by atoms with E-state index in [9.17, 15) is 18.0 Å². The molecule has 198 valence electrons. The van der Waals surface area contributed by atoms with E-state index in [0.29, 0.717) is 42.9 Å². The number of sulfonamides is 1. The van der Waals surface area contributed by atoms with Gasteiger partial charge in [-0.3, -0.25) is 9.59 Å². The van der Waals surface area contributed by atoms with Crippen LogP contribution in [0, 0.1) is 12.8 Å². The maximum Gasteiger partial charge on any atom is 0.258 e. The number of methoxy groups -OCH3 is 1. The molecule has 0 saturated carbocycles. The molecule has 2 aliphatic heterocycles. The van der Waals surface area contributed by atoms with Gasteiger partial charge in [-0.15, -0.1) is 0 Å². The van der Waals surface area contributed by atoms with Crippen LogP contribution in [0.2, 0.25) is 0 Å². The van der Waals surface area contributed by atoms with Crippen molar-refractivity contribution in [3.63, 3.8) is 0 Å². The molecule has 8 nitrogen and oxygen atoms in total. The van der Waals surface area contributed by atoms with Gasteiger partial charge in [0.15, 0.2) is 0 Å². The lowest BCUT2D eigenvalue weighted by Crippen LogP contribution is -2.43. The average Bonchev–Trinajstić information content (AvgIpc) is 3.36. The maximum absolute atomic E-state index is 13.2. The fourth-order valence-corrected chi connectivity index (χ4v) is 6.56. The number of anilines is 2. The van der Waals surface area contributed by atoms with Crippen LogP contribution in [0.3, 0.4) is 0 Å². The van der Waals surface area contributed by atoms with Crippen LogP contribution in [-0.4, -0.2) is 51.3 Å². The summed E-state index contributed by atoms with van der Waals surface area (Å²) >= 11 is 0. The van der Waals surface area contributed by atoms with Crippen LogP contribution in [0.4, 0.5) is 11.4 Å². The Hall–Kier alpha value is -3.69. The second-order valence-electron chi connectivity index (χ2n) is 9.78. The van der Waals surface area contributed by atoms with Gasteiger partial charge in [0.2, 0.25) is 15.9 Å². The Morgan fingerprint density at radius 1 is 0.974 bits per heavy atom. The Morgan fingerprint density at radius 3 is 2.42 bits per heavy atom. The standard InChI is InChI=1S/C29H31N3O5S/c1-20-5-13-26(14-6-20)38(35,36)31-16-3-4-23(19-31)28(33)30-24-10-7-21-15-17-32(27(21)18-24)29(34)22-8-11-25(37-2)12-9-22/h5-14,18,23H,3-4,15-17,19H2,1-2H3,(H,30,33)/t23-/m0/s1. The number of hydrogen-bond acceptors (Lipinski definition) is 5. The number of aryl methyl sites for hydroxylation is 1. The molecule has 5 rings (SSSR count). The molecular formula is C29H31N3O5S. The number of nitrogens with one attached hydrogen (secondary N) is 1. The summed E-state index contributed by atoms with van der Waals surface area (Å²) in [5.41, 5.74) is 3.94. The van der Waals surface area contributed by atoms with Crippen LogP contribution < -0.4 is 15.0 Å². The van der Waals surface area contributed by atoms with Gasteiger partial charge in [-0.1, -0.05) is 23.8 Å². The molecule has 1 atom stereocenters. The van der Waals surface area contributed by atoms with E-state index in [0.717, 1.165) is 23.2 Å². The summed E-state index contributed by atoms with van der Waals surface area (Å²) in [5, 5.41) is 2.96.